The third kappa shape index (κ3) is 1.05. The number of nitrogens with one attached hydrogen (secondary N) is 1. The van der Waals surface area contributed by atoms with E-state index in [1.807, 2.05) is 36.4 Å². The first-order valence-electron chi connectivity index (χ1n) is 5.11. The first-order chi connectivity index (χ1) is 7.79. The van der Waals surface area contributed by atoms with E-state index in [1.165, 1.54) is 0 Å². The third-order valence-electron chi connectivity index (χ3n) is 2.82. The molecule has 0 aliphatic heterocycles. The molecule has 0 radical (unpaired) electrons. The highest BCUT2D eigenvalue weighted by Crippen LogP contribution is 2.27. The first kappa shape index (κ1) is 8.97. The third-order valence-corrected chi connectivity index (χ3v) is 2.82. The molecular weight excluding hydrogens is 198 g/mol. The van der Waals surface area contributed by atoms with Gasteiger partial charge in [-0.3, -0.25) is 9.98 Å². The molecule has 0 atom stereocenters. The number of rotatable bonds is 0. The predicted molar refractivity (Wildman–Crippen MR) is 66.8 cm³/mol. The fourth-order valence-corrected chi connectivity index (χ4v) is 2.18. The van der Waals surface area contributed by atoms with E-state index >= 15 is 0 Å². The molecule has 3 nitrogen and oxygen atoms in total. The summed E-state index contributed by atoms with van der Waals surface area (Å²) in [4.78, 5) is 0. The molecule has 0 saturated carbocycles. The number of nitrogen functional groups attached to an aromatic ring is 1. The standard InChI is InChI=1S/C13H11N3/c14-13(15)16-11-7-3-1-5-9(11)10-6-2-4-8-12(10)16/h1-8H,(H3,14,15). The van der Waals surface area contributed by atoms with Gasteiger partial charge in [0, 0.05) is 10.8 Å². The number of hydrogen-bond donors (Lipinski definition) is 2. The van der Waals surface area contributed by atoms with Gasteiger partial charge in [-0.2, -0.15) is 0 Å². The van der Waals surface area contributed by atoms with E-state index < -0.39 is 0 Å². The second-order valence-corrected chi connectivity index (χ2v) is 3.75. The van der Waals surface area contributed by atoms with Crippen molar-refractivity contribution in [2.75, 3.05) is 0 Å². The minimum atomic E-state index is 0.0531. The lowest BCUT2D eigenvalue weighted by Crippen LogP contribution is -2.19. The van der Waals surface area contributed by atoms with Gasteiger partial charge in [0.2, 0.25) is 0 Å². The van der Waals surface area contributed by atoms with Crippen LogP contribution in [0.5, 0.6) is 0 Å². The van der Waals surface area contributed by atoms with Crippen molar-refractivity contribution in [3.8, 4) is 0 Å². The summed E-state index contributed by atoms with van der Waals surface area (Å²) in [5.74, 6) is 0.0531. The van der Waals surface area contributed by atoms with Gasteiger partial charge in [0.1, 0.15) is 0 Å². The molecule has 0 aliphatic rings. The zero-order valence-corrected chi connectivity index (χ0v) is 8.64. The largest absolute Gasteiger partial charge is 0.369 e. The Morgan fingerprint density at radius 2 is 1.31 bits per heavy atom. The molecule has 3 N–H and O–H groups in total. The van der Waals surface area contributed by atoms with Crippen molar-refractivity contribution in [2.24, 2.45) is 5.73 Å². The average molecular weight is 209 g/mol. The molecule has 0 unspecified atom stereocenters. The molecule has 2 aromatic carbocycles. The van der Waals surface area contributed by atoms with Crippen molar-refractivity contribution in [3.63, 3.8) is 0 Å². The maximum Gasteiger partial charge on any atom is 0.197 e. The highest BCUT2D eigenvalue weighted by molar-refractivity contribution is 6.13. The molecule has 0 fully saturated rings. The molecule has 0 saturated heterocycles. The molecule has 1 aromatic heterocycles. The Morgan fingerprint density at radius 1 is 0.875 bits per heavy atom. The predicted octanol–water partition coefficient (Wildman–Crippen LogP) is 2.54. The van der Waals surface area contributed by atoms with Crippen molar-refractivity contribution >= 4 is 27.8 Å². The number of nitrogens with two attached hydrogens (primary N) is 1. The highest BCUT2D eigenvalue weighted by Gasteiger charge is 2.10. The second kappa shape index (κ2) is 3.10. The maximum absolute atomic E-state index is 7.66. The Balaban J connectivity index is 2.64. The Hall–Kier alpha value is -2.29. The first-order valence-corrected chi connectivity index (χ1v) is 5.11. The van der Waals surface area contributed by atoms with Gasteiger partial charge in [0.15, 0.2) is 5.96 Å². The second-order valence-electron chi connectivity index (χ2n) is 3.75. The highest BCUT2D eigenvalue weighted by atomic mass is 15.1. The van der Waals surface area contributed by atoms with Crippen LogP contribution in [0.3, 0.4) is 0 Å². The van der Waals surface area contributed by atoms with Crippen LogP contribution in [-0.4, -0.2) is 10.5 Å². The lowest BCUT2D eigenvalue weighted by atomic mass is 10.2. The Labute approximate surface area is 92.6 Å². The number of nitrogens with zero attached hydrogens (tertiary/aromatic N) is 1. The van der Waals surface area contributed by atoms with Crippen LogP contribution in [0.4, 0.5) is 0 Å². The van der Waals surface area contributed by atoms with E-state index in [9.17, 15) is 0 Å². The summed E-state index contributed by atoms with van der Waals surface area (Å²) in [6, 6.07) is 16.0. The summed E-state index contributed by atoms with van der Waals surface area (Å²) in [6.45, 7) is 0. The van der Waals surface area contributed by atoms with Crippen LogP contribution < -0.4 is 5.73 Å². The Bertz CT molecular complexity index is 641. The summed E-state index contributed by atoms with van der Waals surface area (Å²) in [5.41, 5.74) is 7.60. The van der Waals surface area contributed by atoms with Gasteiger partial charge in [0.25, 0.3) is 0 Å². The van der Waals surface area contributed by atoms with Crippen LogP contribution in [0.2, 0.25) is 0 Å². The topological polar surface area (TPSA) is 54.8 Å². The molecule has 0 amide bonds. The Kier molecular flexibility index (Phi) is 1.74. The fourth-order valence-electron chi connectivity index (χ4n) is 2.18. The normalized spacial score (nSPS) is 11.0. The summed E-state index contributed by atoms with van der Waals surface area (Å²) >= 11 is 0. The molecule has 16 heavy (non-hydrogen) atoms. The maximum atomic E-state index is 7.66. The summed E-state index contributed by atoms with van der Waals surface area (Å²) in [5, 5.41) is 9.92. The van der Waals surface area contributed by atoms with E-state index in [-0.39, 0.29) is 5.96 Å². The SMILES string of the molecule is N=C(N)n1c2ccccc2c2ccccc21. The van der Waals surface area contributed by atoms with Crippen LogP contribution in [0, 0.1) is 5.41 Å². The van der Waals surface area contributed by atoms with Gasteiger partial charge < -0.3 is 5.73 Å². The summed E-state index contributed by atoms with van der Waals surface area (Å²) in [6.07, 6.45) is 0. The van der Waals surface area contributed by atoms with E-state index in [0.29, 0.717) is 0 Å². The van der Waals surface area contributed by atoms with Gasteiger partial charge in [-0.25, -0.2) is 0 Å². The van der Waals surface area contributed by atoms with Crippen LogP contribution in [0.1, 0.15) is 0 Å². The number of fused-ring (bicyclic) bond motifs is 3. The van der Waals surface area contributed by atoms with E-state index in [1.54, 1.807) is 4.57 Å². The fraction of sp³-hybridized carbons (Fsp3) is 0. The van der Waals surface area contributed by atoms with Crippen molar-refractivity contribution in [2.45, 2.75) is 0 Å². The number of benzene rings is 2. The molecule has 78 valence electrons. The van der Waals surface area contributed by atoms with E-state index in [4.69, 9.17) is 11.1 Å². The van der Waals surface area contributed by atoms with Crippen LogP contribution in [0.25, 0.3) is 21.8 Å². The van der Waals surface area contributed by atoms with Crippen molar-refractivity contribution in [1.82, 2.24) is 4.57 Å². The van der Waals surface area contributed by atoms with Crippen molar-refractivity contribution < 1.29 is 0 Å². The molecular formula is C13H11N3. The molecule has 0 aliphatic carbocycles. The van der Waals surface area contributed by atoms with Crippen molar-refractivity contribution in [1.29, 1.82) is 5.41 Å². The molecule has 1 heterocycles. The zero-order chi connectivity index (χ0) is 11.1. The lowest BCUT2D eigenvalue weighted by Gasteiger charge is -2.02. The smallest absolute Gasteiger partial charge is 0.197 e. The van der Waals surface area contributed by atoms with Crippen molar-refractivity contribution in [3.05, 3.63) is 48.5 Å². The van der Waals surface area contributed by atoms with Crippen LogP contribution in [0.15, 0.2) is 48.5 Å². The van der Waals surface area contributed by atoms with Gasteiger partial charge in [-0.05, 0) is 12.1 Å². The molecule has 3 heteroatoms. The van der Waals surface area contributed by atoms with E-state index in [2.05, 4.69) is 12.1 Å². The minimum Gasteiger partial charge on any atom is -0.369 e. The quantitative estimate of drug-likeness (QED) is 0.434. The van der Waals surface area contributed by atoms with Gasteiger partial charge in [0.05, 0.1) is 11.0 Å². The number of aromatic nitrogens is 1. The lowest BCUT2D eigenvalue weighted by molar-refractivity contribution is 1.19. The van der Waals surface area contributed by atoms with Gasteiger partial charge in [-0.15, -0.1) is 0 Å². The van der Waals surface area contributed by atoms with E-state index in [0.717, 1.165) is 21.8 Å². The average Bonchev–Trinajstić information content (AvgIpc) is 2.63. The number of hydrogen-bond acceptors (Lipinski definition) is 1. The molecule has 0 bridgehead atoms. The number of para-hydroxylation sites is 2. The molecule has 3 rings (SSSR count). The summed E-state index contributed by atoms with van der Waals surface area (Å²) in [7, 11) is 0. The minimum absolute atomic E-state index is 0.0531. The Morgan fingerprint density at radius 3 is 1.75 bits per heavy atom. The van der Waals surface area contributed by atoms with Crippen LogP contribution >= 0.6 is 0 Å². The zero-order valence-electron chi connectivity index (χ0n) is 8.64. The molecule has 0 spiro atoms. The van der Waals surface area contributed by atoms with Crippen LogP contribution in [-0.2, 0) is 0 Å². The van der Waals surface area contributed by atoms with Gasteiger partial charge in [-0.1, -0.05) is 36.4 Å². The summed E-state index contributed by atoms with van der Waals surface area (Å²) < 4.78 is 1.77. The monoisotopic (exact) mass is 209 g/mol. The van der Waals surface area contributed by atoms with Gasteiger partial charge >= 0.3 is 0 Å². The molecule has 3 aromatic rings.